The molecule has 0 saturated heterocycles. The molecule has 0 aliphatic carbocycles. The summed E-state index contributed by atoms with van der Waals surface area (Å²) in [5.74, 6) is 0.250. The fourth-order valence-corrected chi connectivity index (χ4v) is 1.95. The zero-order valence-corrected chi connectivity index (χ0v) is 13.1. The molecule has 2 aromatic rings. The number of aromatic nitrogens is 3. The molecule has 1 heterocycles. The van der Waals surface area contributed by atoms with Crippen molar-refractivity contribution in [2.24, 2.45) is 5.10 Å². The number of aromatic amines is 1. The summed E-state index contributed by atoms with van der Waals surface area (Å²) in [5.41, 5.74) is -0.186. The van der Waals surface area contributed by atoms with Gasteiger partial charge in [-0.05, 0) is 24.4 Å². The quantitative estimate of drug-likeness (QED) is 0.391. The van der Waals surface area contributed by atoms with E-state index in [1.165, 1.54) is 29.1 Å². The highest BCUT2D eigenvalue weighted by atomic mass is 32.1. The van der Waals surface area contributed by atoms with Gasteiger partial charge in [-0.25, -0.2) is 0 Å². The van der Waals surface area contributed by atoms with Crippen LogP contribution in [0.2, 0.25) is 0 Å². The molecule has 0 amide bonds. The largest absolute Gasteiger partial charge is 0.502 e. The van der Waals surface area contributed by atoms with E-state index in [0.29, 0.717) is 16.2 Å². The van der Waals surface area contributed by atoms with Gasteiger partial charge in [0.1, 0.15) is 0 Å². The molecular weight excluding hydrogens is 306 g/mol. The fourth-order valence-electron chi connectivity index (χ4n) is 1.78. The molecule has 116 valence electrons. The smallest absolute Gasteiger partial charge is 0.311 e. The van der Waals surface area contributed by atoms with Gasteiger partial charge in [0.15, 0.2) is 11.6 Å². The maximum atomic E-state index is 10.8. The molecule has 22 heavy (non-hydrogen) atoms. The summed E-state index contributed by atoms with van der Waals surface area (Å²) < 4.78 is 1.79. The van der Waals surface area contributed by atoms with E-state index < -0.39 is 10.7 Å². The molecule has 8 nitrogen and oxygen atoms in total. The second-order valence-corrected chi connectivity index (χ2v) is 6.05. The van der Waals surface area contributed by atoms with Gasteiger partial charge in [-0.1, -0.05) is 20.8 Å². The Morgan fingerprint density at radius 2 is 2.18 bits per heavy atom. The van der Waals surface area contributed by atoms with Crippen LogP contribution in [0, 0.1) is 14.9 Å². The predicted octanol–water partition coefficient (Wildman–Crippen LogP) is 2.73. The molecule has 0 aliphatic rings. The molecule has 0 radical (unpaired) electrons. The molecule has 0 aliphatic heterocycles. The summed E-state index contributed by atoms with van der Waals surface area (Å²) in [7, 11) is 0. The highest BCUT2D eigenvalue weighted by Crippen LogP contribution is 2.25. The summed E-state index contributed by atoms with van der Waals surface area (Å²) in [5, 5.41) is 31.3. The van der Waals surface area contributed by atoms with E-state index in [0.717, 1.165) is 0 Å². The van der Waals surface area contributed by atoms with Crippen molar-refractivity contribution in [3.63, 3.8) is 0 Å². The van der Waals surface area contributed by atoms with Crippen molar-refractivity contribution in [1.82, 2.24) is 14.9 Å². The molecule has 0 fully saturated rings. The Balaban J connectivity index is 2.42. The first-order valence-electron chi connectivity index (χ1n) is 6.40. The van der Waals surface area contributed by atoms with E-state index in [4.69, 9.17) is 12.2 Å². The van der Waals surface area contributed by atoms with Crippen LogP contribution in [0.1, 0.15) is 32.2 Å². The second-order valence-electron chi connectivity index (χ2n) is 5.66. The van der Waals surface area contributed by atoms with Gasteiger partial charge in [0.25, 0.3) is 0 Å². The van der Waals surface area contributed by atoms with E-state index in [9.17, 15) is 15.2 Å². The van der Waals surface area contributed by atoms with Crippen LogP contribution in [0.25, 0.3) is 0 Å². The maximum Gasteiger partial charge on any atom is 0.311 e. The van der Waals surface area contributed by atoms with Crippen molar-refractivity contribution >= 4 is 24.1 Å². The monoisotopic (exact) mass is 321 g/mol. The van der Waals surface area contributed by atoms with Gasteiger partial charge in [0.2, 0.25) is 4.77 Å². The van der Waals surface area contributed by atoms with Crippen LogP contribution < -0.4 is 0 Å². The molecule has 0 unspecified atom stereocenters. The molecule has 1 aromatic heterocycles. The standard InChI is InChI=1S/C13H15N5O3S/c1-13(2,3)11-15-16-12(22)17(11)14-7-8-4-5-10(19)9(6-8)18(20)21/h4-7,19H,1-3H3,(H,16,22)/b14-7+. The second kappa shape index (κ2) is 5.68. The van der Waals surface area contributed by atoms with Crippen LogP contribution in [0.15, 0.2) is 23.3 Å². The third kappa shape index (κ3) is 3.19. The SMILES string of the molecule is CC(C)(C)c1n[nH]c(=S)n1/N=C/c1ccc(O)c([N+](=O)[O-])c1. The topological polar surface area (TPSA) is 109 Å². The van der Waals surface area contributed by atoms with Gasteiger partial charge in [0.05, 0.1) is 11.1 Å². The van der Waals surface area contributed by atoms with E-state index in [1.54, 1.807) is 0 Å². The fraction of sp³-hybridized carbons (Fsp3) is 0.308. The van der Waals surface area contributed by atoms with E-state index >= 15 is 0 Å². The van der Waals surface area contributed by atoms with Crippen LogP contribution in [0.4, 0.5) is 5.69 Å². The molecule has 2 rings (SSSR count). The molecule has 0 spiro atoms. The molecule has 9 heteroatoms. The third-order valence-electron chi connectivity index (χ3n) is 2.84. The highest BCUT2D eigenvalue weighted by molar-refractivity contribution is 7.71. The van der Waals surface area contributed by atoms with Crippen molar-refractivity contribution < 1.29 is 10.0 Å². The average molecular weight is 321 g/mol. The number of H-pyrrole nitrogens is 1. The van der Waals surface area contributed by atoms with Crippen molar-refractivity contribution in [3.8, 4) is 5.75 Å². The van der Waals surface area contributed by atoms with Gasteiger partial charge in [-0.15, -0.1) is 0 Å². The molecule has 2 N–H and O–H groups in total. The van der Waals surface area contributed by atoms with Crippen molar-refractivity contribution in [2.75, 3.05) is 0 Å². The molecule has 0 saturated carbocycles. The average Bonchev–Trinajstić information content (AvgIpc) is 2.78. The number of nitro benzene ring substituents is 1. The maximum absolute atomic E-state index is 10.8. The number of nitrogens with one attached hydrogen (secondary N) is 1. The first-order valence-corrected chi connectivity index (χ1v) is 6.80. The lowest BCUT2D eigenvalue weighted by Crippen LogP contribution is -2.17. The third-order valence-corrected chi connectivity index (χ3v) is 3.10. The van der Waals surface area contributed by atoms with Gasteiger partial charge < -0.3 is 5.11 Å². The Kier molecular flexibility index (Phi) is 4.09. The molecule has 0 atom stereocenters. The van der Waals surface area contributed by atoms with Crippen LogP contribution in [0.3, 0.4) is 0 Å². The van der Waals surface area contributed by atoms with E-state index in [-0.39, 0.29) is 11.1 Å². The lowest BCUT2D eigenvalue weighted by atomic mass is 9.96. The minimum atomic E-state index is -0.656. The van der Waals surface area contributed by atoms with Crippen LogP contribution >= 0.6 is 12.2 Å². The number of hydrogen-bond acceptors (Lipinski definition) is 6. The Bertz CT molecular complexity index is 801. The van der Waals surface area contributed by atoms with Crippen LogP contribution in [0.5, 0.6) is 5.75 Å². The number of nitrogens with zero attached hydrogens (tertiary/aromatic N) is 4. The first kappa shape index (κ1) is 15.8. The van der Waals surface area contributed by atoms with Gasteiger partial charge in [-0.3, -0.25) is 15.2 Å². The van der Waals surface area contributed by atoms with E-state index in [1.807, 2.05) is 20.8 Å². The first-order chi connectivity index (χ1) is 10.2. The summed E-state index contributed by atoms with van der Waals surface area (Å²) in [6.45, 7) is 5.90. The number of benzene rings is 1. The Morgan fingerprint density at radius 3 is 2.77 bits per heavy atom. The van der Waals surface area contributed by atoms with Crippen molar-refractivity contribution in [2.45, 2.75) is 26.2 Å². The lowest BCUT2D eigenvalue weighted by Gasteiger charge is -2.15. The van der Waals surface area contributed by atoms with Gasteiger partial charge >= 0.3 is 5.69 Å². The van der Waals surface area contributed by atoms with Crippen LogP contribution in [-0.4, -0.2) is 31.1 Å². The summed E-state index contributed by atoms with van der Waals surface area (Å²) in [6, 6.07) is 4.00. The summed E-state index contributed by atoms with van der Waals surface area (Å²) in [6.07, 6.45) is 1.42. The number of phenols is 1. The Hall–Kier alpha value is -2.55. The van der Waals surface area contributed by atoms with Crippen LogP contribution in [-0.2, 0) is 5.41 Å². The normalized spacial score (nSPS) is 12.0. The minimum absolute atomic E-state index is 0.272. The molecule has 0 bridgehead atoms. The van der Waals surface area contributed by atoms with E-state index in [2.05, 4.69) is 15.3 Å². The zero-order valence-electron chi connectivity index (χ0n) is 12.3. The Morgan fingerprint density at radius 1 is 1.50 bits per heavy atom. The number of aromatic hydroxyl groups is 1. The predicted molar refractivity (Wildman–Crippen MR) is 83.9 cm³/mol. The number of hydrogen-bond donors (Lipinski definition) is 2. The Labute approximate surface area is 131 Å². The molecular formula is C13H15N5O3S. The number of rotatable bonds is 3. The number of phenolic OH excluding ortho intramolecular Hbond substituents is 1. The summed E-state index contributed by atoms with van der Waals surface area (Å²) >= 11 is 5.13. The molecule has 1 aromatic carbocycles. The minimum Gasteiger partial charge on any atom is -0.502 e. The van der Waals surface area contributed by atoms with Crippen molar-refractivity contribution in [3.05, 3.63) is 44.5 Å². The highest BCUT2D eigenvalue weighted by Gasteiger charge is 2.21. The van der Waals surface area contributed by atoms with Crippen molar-refractivity contribution in [1.29, 1.82) is 0 Å². The van der Waals surface area contributed by atoms with Gasteiger partial charge in [-0.2, -0.15) is 14.9 Å². The zero-order chi connectivity index (χ0) is 16.5. The number of nitro groups is 1. The van der Waals surface area contributed by atoms with Gasteiger partial charge in [0, 0.05) is 17.0 Å². The summed E-state index contributed by atoms with van der Waals surface area (Å²) in [4.78, 5) is 10.2. The lowest BCUT2D eigenvalue weighted by molar-refractivity contribution is -0.385.